The molecule has 2 unspecified atom stereocenters. The summed E-state index contributed by atoms with van der Waals surface area (Å²) in [4.78, 5) is 0. The third-order valence-electron chi connectivity index (χ3n) is 10.4. The number of halogens is 2. The van der Waals surface area contributed by atoms with E-state index in [2.05, 4.69) is 170 Å². The minimum atomic E-state index is -2.22. The number of rotatable bonds is 5. The van der Waals surface area contributed by atoms with E-state index in [-0.39, 0.29) is 30.2 Å². The van der Waals surface area contributed by atoms with Gasteiger partial charge in [0.2, 0.25) is 0 Å². The van der Waals surface area contributed by atoms with Crippen molar-refractivity contribution in [3.8, 4) is 22.3 Å². The van der Waals surface area contributed by atoms with E-state index in [0.29, 0.717) is 13.2 Å². The van der Waals surface area contributed by atoms with Crippen LogP contribution in [0, 0.1) is 5.92 Å². The van der Waals surface area contributed by atoms with Gasteiger partial charge in [-0.15, -0.1) is 0 Å². The topological polar surface area (TPSA) is 0 Å². The molecule has 2 atom stereocenters. The van der Waals surface area contributed by atoms with Gasteiger partial charge in [0.15, 0.2) is 0 Å². The van der Waals surface area contributed by atoms with Gasteiger partial charge >= 0.3 is 286 Å². The molecule has 7 rings (SSSR count). The van der Waals surface area contributed by atoms with Crippen molar-refractivity contribution in [1.29, 1.82) is 0 Å². The van der Waals surface area contributed by atoms with E-state index >= 15 is 0 Å². The number of fused-ring (bicyclic) bond motifs is 3. The predicted molar refractivity (Wildman–Crippen MR) is 199 cm³/mol. The second kappa shape index (κ2) is 14.4. The van der Waals surface area contributed by atoms with E-state index in [0.717, 1.165) is 0 Å². The molecular formula is C44H46Cl2SiZr. The van der Waals surface area contributed by atoms with Crippen molar-refractivity contribution in [3.05, 3.63) is 142 Å². The first-order chi connectivity index (χ1) is 22.0. The molecule has 0 N–H and O–H groups in total. The van der Waals surface area contributed by atoms with Gasteiger partial charge in [-0.2, -0.15) is 0 Å². The Balaban J connectivity index is 0.00000225. The van der Waals surface area contributed by atoms with E-state index in [1.165, 1.54) is 49.7 Å². The SMILES string of the molecule is CC1=Cc2c(-c3ccc(C(C)(C)C)cc3)cccc2[CH]1[Zr+2]([CH]1C(C(C)C)=Cc2c(-c3cccc4ccccc34)cccc21)=[Si](C)C.[Cl-].[Cl-]. The summed E-state index contributed by atoms with van der Waals surface area (Å²) in [6, 6.07) is 39.4. The van der Waals surface area contributed by atoms with Crippen molar-refractivity contribution in [2.45, 2.75) is 67.3 Å². The Morgan fingerprint density at radius 3 is 1.83 bits per heavy atom. The zero-order valence-electron chi connectivity index (χ0n) is 29.5. The maximum absolute atomic E-state index is 2.64. The van der Waals surface area contributed by atoms with Crippen molar-refractivity contribution in [3.63, 3.8) is 0 Å². The Hall–Kier alpha value is -2.48. The van der Waals surface area contributed by atoms with Gasteiger partial charge in [0.05, 0.1) is 0 Å². The molecule has 0 spiro atoms. The molecule has 0 fully saturated rings. The molecule has 0 aromatic heterocycles. The van der Waals surface area contributed by atoms with Gasteiger partial charge in [-0.3, -0.25) is 0 Å². The van der Waals surface area contributed by atoms with Crippen LogP contribution in [0.4, 0.5) is 0 Å². The number of hydrogen-bond donors (Lipinski definition) is 0. The predicted octanol–water partition coefficient (Wildman–Crippen LogP) is 6.60. The molecule has 0 bridgehead atoms. The summed E-state index contributed by atoms with van der Waals surface area (Å²) in [5.74, 6) is 0.535. The Morgan fingerprint density at radius 1 is 0.625 bits per heavy atom. The van der Waals surface area contributed by atoms with E-state index in [1.54, 1.807) is 22.3 Å². The largest absolute Gasteiger partial charge is 1.00 e. The summed E-state index contributed by atoms with van der Waals surface area (Å²) in [6.45, 7) is 19.5. The van der Waals surface area contributed by atoms with Gasteiger partial charge in [0.1, 0.15) is 0 Å². The average molecular weight is 765 g/mol. The van der Waals surface area contributed by atoms with Crippen LogP contribution >= 0.6 is 0 Å². The molecule has 48 heavy (non-hydrogen) atoms. The zero-order valence-corrected chi connectivity index (χ0v) is 34.4. The van der Waals surface area contributed by atoms with Crippen LogP contribution in [0.2, 0.25) is 13.1 Å². The first kappa shape index (κ1) is 36.8. The van der Waals surface area contributed by atoms with Gasteiger partial charge in [-0.1, -0.05) is 0 Å². The van der Waals surface area contributed by atoms with Crippen molar-refractivity contribution < 1.29 is 45.2 Å². The summed E-state index contributed by atoms with van der Waals surface area (Å²) >= 11 is -2.22. The molecule has 0 radical (unpaired) electrons. The van der Waals surface area contributed by atoms with Gasteiger partial charge < -0.3 is 24.8 Å². The van der Waals surface area contributed by atoms with Crippen molar-refractivity contribution in [2.75, 3.05) is 0 Å². The van der Waals surface area contributed by atoms with Crippen LogP contribution in [-0.4, -0.2) is 5.43 Å². The third kappa shape index (κ3) is 6.44. The van der Waals surface area contributed by atoms with Crippen LogP contribution in [0.15, 0.2) is 114 Å². The van der Waals surface area contributed by atoms with Crippen LogP contribution in [-0.2, 0) is 25.8 Å². The fourth-order valence-electron chi connectivity index (χ4n) is 8.08. The number of allylic oxidation sites excluding steroid dienone is 2. The molecule has 5 aromatic carbocycles. The minimum absolute atomic E-state index is 0. The fraction of sp³-hybridized carbons (Fsp3) is 0.273. The summed E-state index contributed by atoms with van der Waals surface area (Å²) < 4.78 is 1.24. The molecule has 0 saturated heterocycles. The maximum Gasteiger partial charge on any atom is -1.00 e. The smallest absolute Gasteiger partial charge is 1.00 e. The Morgan fingerprint density at radius 2 is 1.19 bits per heavy atom. The first-order valence-corrected chi connectivity index (χ1v) is 26.0. The fourth-order valence-corrected chi connectivity index (χ4v) is 28.9. The molecule has 244 valence electrons. The molecule has 0 aliphatic heterocycles. The van der Waals surface area contributed by atoms with Crippen LogP contribution < -0.4 is 24.8 Å². The van der Waals surface area contributed by atoms with Crippen LogP contribution in [0.1, 0.15) is 76.6 Å². The summed E-state index contributed by atoms with van der Waals surface area (Å²) in [7, 11) is 0. The summed E-state index contributed by atoms with van der Waals surface area (Å²) in [5.41, 5.74) is 16.0. The van der Waals surface area contributed by atoms with Gasteiger partial charge in [-0.25, -0.2) is 0 Å². The average Bonchev–Trinajstić information content (AvgIpc) is 3.58. The van der Waals surface area contributed by atoms with Crippen LogP contribution in [0.25, 0.3) is 45.2 Å². The normalized spacial score (nSPS) is 16.2. The Kier molecular flexibility index (Phi) is 11.0. The molecular weight excluding hydrogens is 719 g/mol. The molecule has 2 aliphatic rings. The van der Waals surface area contributed by atoms with Crippen LogP contribution in [0.3, 0.4) is 0 Å². The van der Waals surface area contributed by atoms with Crippen molar-refractivity contribution >= 4 is 28.4 Å². The quantitative estimate of drug-likeness (QED) is 0.177. The summed E-state index contributed by atoms with van der Waals surface area (Å²) in [5, 5.41) is 2.67. The standard InChI is InChI=1S/C22H19.C20H21.C2H6Si.2ClH.Zr/c1-15(2)18-13-17-9-6-12-21(22(17)14-18)20-11-5-8-16-7-3-4-10-19(16)20;1-14-12-16-6-5-7-18(19(16)13-14)15-8-10-17(11-9-15)20(2,3)4;1-3-2;;;/h3-15H,1-2H3;5-13H,1-4H3;1-2H3;2*1H;/q;;;;;+2/p-2. The second-order valence-electron chi connectivity index (χ2n) is 15.0. The Bertz CT molecular complexity index is 2080. The maximum atomic E-state index is 2.64. The van der Waals surface area contributed by atoms with E-state index < -0.39 is 25.8 Å². The van der Waals surface area contributed by atoms with E-state index in [4.69, 9.17) is 0 Å². The van der Waals surface area contributed by atoms with Gasteiger partial charge in [-0.05, 0) is 0 Å². The van der Waals surface area contributed by atoms with Crippen molar-refractivity contribution in [2.24, 2.45) is 5.92 Å². The first-order valence-electron chi connectivity index (χ1n) is 17.0. The summed E-state index contributed by atoms with van der Waals surface area (Å²) in [6.07, 6.45) is 5.20. The zero-order chi connectivity index (χ0) is 32.3. The second-order valence-corrected chi connectivity index (χ2v) is 32.8. The molecule has 0 saturated carbocycles. The van der Waals surface area contributed by atoms with Crippen LogP contribution in [0.5, 0.6) is 0 Å². The van der Waals surface area contributed by atoms with Crippen molar-refractivity contribution in [1.82, 2.24) is 0 Å². The molecule has 0 amide bonds. The number of benzene rings is 5. The van der Waals surface area contributed by atoms with E-state index in [9.17, 15) is 0 Å². The third-order valence-corrected chi connectivity index (χ3v) is 30.0. The molecule has 5 aromatic rings. The molecule has 2 aliphatic carbocycles. The molecule has 4 heteroatoms. The monoisotopic (exact) mass is 762 g/mol. The Labute approximate surface area is 308 Å². The van der Waals surface area contributed by atoms with E-state index in [1.807, 2.05) is 0 Å². The molecule has 0 nitrogen and oxygen atoms in total. The number of hydrogen-bond acceptors (Lipinski definition) is 0. The van der Waals surface area contributed by atoms with Gasteiger partial charge in [0.25, 0.3) is 0 Å². The minimum Gasteiger partial charge on any atom is -1.00 e. The van der Waals surface area contributed by atoms with Gasteiger partial charge in [0, 0.05) is 0 Å². The molecule has 0 heterocycles.